The first-order valence-corrected chi connectivity index (χ1v) is 17.9. The molecule has 4 aliphatic rings. The summed E-state index contributed by atoms with van der Waals surface area (Å²) in [5.74, 6) is -3.23. The van der Waals surface area contributed by atoms with E-state index < -0.39 is 44.2 Å². The number of anilines is 1. The van der Waals surface area contributed by atoms with Gasteiger partial charge in [0.1, 0.15) is 29.9 Å². The fourth-order valence-electron chi connectivity index (χ4n) is 8.92. The molecule has 47 heavy (non-hydrogen) atoms. The molecular weight excluding hydrogens is 636 g/mol. The summed E-state index contributed by atoms with van der Waals surface area (Å²) in [4.78, 5) is 13.3. The van der Waals surface area contributed by atoms with Crippen molar-refractivity contribution in [3.63, 3.8) is 0 Å². The van der Waals surface area contributed by atoms with Crippen LogP contribution in [0, 0.1) is 29.3 Å². The second kappa shape index (κ2) is 10.9. The Bertz CT molecular complexity index is 2030. The van der Waals surface area contributed by atoms with E-state index in [4.69, 9.17) is 9.72 Å². The van der Waals surface area contributed by atoms with Crippen LogP contribution in [0.1, 0.15) is 32.1 Å². The van der Waals surface area contributed by atoms with Gasteiger partial charge in [-0.05, 0) is 79.3 Å². The summed E-state index contributed by atoms with van der Waals surface area (Å²) in [6, 6.07) is 7.64. The number of phenols is 1. The third-order valence-corrected chi connectivity index (χ3v) is 12.6. The summed E-state index contributed by atoms with van der Waals surface area (Å²) < 4.78 is 92.3. The topological polar surface area (TPSA) is 95.9 Å². The molecule has 3 aliphatic heterocycles. The van der Waals surface area contributed by atoms with Crippen LogP contribution < -0.4 is 9.64 Å². The van der Waals surface area contributed by atoms with Crippen LogP contribution in [-0.4, -0.2) is 84.4 Å². The molecule has 1 aromatic heterocycles. The summed E-state index contributed by atoms with van der Waals surface area (Å²) >= 11 is 0. The number of halogens is 4. The highest BCUT2D eigenvalue weighted by Crippen LogP contribution is 2.45. The van der Waals surface area contributed by atoms with Gasteiger partial charge < -0.3 is 14.7 Å². The van der Waals surface area contributed by atoms with Gasteiger partial charge in [0.25, 0.3) is 0 Å². The summed E-state index contributed by atoms with van der Waals surface area (Å²) in [6.07, 6.45) is 3.78. The average Bonchev–Trinajstić information content (AvgIpc) is 3.64. The Balaban J connectivity index is 1.26. The number of fused-ring (bicyclic) bond motifs is 5. The number of phenolic OH excluding ortho intramolecular Hbond substituents is 1. The summed E-state index contributed by atoms with van der Waals surface area (Å²) in [5, 5.41) is 10.3. The first kappa shape index (κ1) is 30.6. The molecule has 248 valence electrons. The highest BCUT2D eigenvalue weighted by Gasteiger charge is 2.50. The van der Waals surface area contributed by atoms with Crippen LogP contribution in [-0.2, 0) is 9.84 Å². The maximum absolute atomic E-state index is 16.8. The molecule has 1 N–H and O–H groups in total. The molecule has 3 saturated heterocycles. The SMILES string of the molecule is CS(=O)(=O)C1C2CCC1CN(c1nc(OC[C@@]34CCCN3C[C@H](F)C4)nc3c(F)c(-c4cc(O)cc5ccc(F)c(F)c45)ccc13)C2. The van der Waals surface area contributed by atoms with Crippen molar-refractivity contribution in [2.75, 3.05) is 43.9 Å². The standard InChI is InChI=1S/C34H34F4N4O4S/c1-47(44,45)31-19-3-4-20(31)15-41(14-19)32-24-7-6-23(25-12-22(43)11-18-5-8-26(36)29(38)27(18)25)28(37)30(24)39-33(40-32)46-17-34-9-2-10-42(34)16-21(35)13-34/h5-8,11-12,19-21,31,43H,2-4,9-10,13-17H2,1H3/t19?,20?,21-,31?,34+/m1/s1. The van der Waals surface area contributed by atoms with Crippen molar-refractivity contribution in [2.24, 2.45) is 11.8 Å². The predicted molar refractivity (Wildman–Crippen MR) is 170 cm³/mol. The van der Waals surface area contributed by atoms with Gasteiger partial charge in [0.15, 0.2) is 27.3 Å². The molecule has 4 heterocycles. The van der Waals surface area contributed by atoms with Crippen LogP contribution in [0.25, 0.3) is 32.8 Å². The zero-order valence-corrected chi connectivity index (χ0v) is 26.5. The van der Waals surface area contributed by atoms with Crippen LogP contribution >= 0.6 is 0 Å². The van der Waals surface area contributed by atoms with Crippen LogP contribution in [0.3, 0.4) is 0 Å². The molecule has 0 amide bonds. The van der Waals surface area contributed by atoms with Crippen LogP contribution in [0.5, 0.6) is 11.8 Å². The summed E-state index contributed by atoms with van der Waals surface area (Å²) in [7, 11) is -3.28. The van der Waals surface area contributed by atoms with E-state index in [-0.39, 0.29) is 57.6 Å². The number of hydrogen-bond acceptors (Lipinski definition) is 8. The lowest BCUT2D eigenvalue weighted by Gasteiger charge is -2.38. The first-order valence-electron chi connectivity index (χ1n) is 16.0. The second-order valence-corrected chi connectivity index (χ2v) is 16.0. The second-order valence-electron chi connectivity index (χ2n) is 13.8. The molecule has 2 bridgehead atoms. The Morgan fingerprint density at radius 2 is 1.77 bits per heavy atom. The maximum atomic E-state index is 16.8. The monoisotopic (exact) mass is 670 g/mol. The maximum Gasteiger partial charge on any atom is 0.319 e. The lowest BCUT2D eigenvalue weighted by Crippen LogP contribution is -2.48. The number of alkyl halides is 1. The van der Waals surface area contributed by atoms with Gasteiger partial charge in [-0.1, -0.05) is 12.1 Å². The molecule has 8 rings (SSSR count). The zero-order chi connectivity index (χ0) is 32.8. The minimum Gasteiger partial charge on any atom is -0.508 e. The van der Waals surface area contributed by atoms with Crippen molar-refractivity contribution < 1.29 is 35.8 Å². The van der Waals surface area contributed by atoms with E-state index in [0.29, 0.717) is 37.3 Å². The molecule has 13 heteroatoms. The number of sulfone groups is 1. The van der Waals surface area contributed by atoms with Gasteiger partial charge in [0.2, 0.25) is 0 Å². The number of nitrogens with zero attached hydrogens (tertiary/aromatic N) is 4. The van der Waals surface area contributed by atoms with E-state index >= 15 is 8.78 Å². The number of piperidine rings is 1. The smallest absolute Gasteiger partial charge is 0.319 e. The fourth-order valence-corrected chi connectivity index (χ4v) is 10.8. The molecule has 8 nitrogen and oxygen atoms in total. The minimum absolute atomic E-state index is 0.0496. The highest BCUT2D eigenvalue weighted by molar-refractivity contribution is 7.91. The molecule has 3 aromatic carbocycles. The molecule has 1 saturated carbocycles. The van der Waals surface area contributed by atoms with Crippen LogP contribution in [0.15, 0.2) is 36.4 Å². The summed E-state index contributed by atoms with van der Waals surface area (Å²) in [6.45, 7) is 2.00. The summed E-state index contributed by atoms with van der Waals surface area (Å²) in [5.41, 5.74) is -0.783. The normalized spacial score (nSPS) is 27.6. The van der Waals surface area contributed by atoms with Crippen LogP contribution in [0.2, 0.25) is 0 Å². The van der Waals surface area contributed by atoms with Gasteiger partial charge in [0.05, 0.1) is 10.8 Å². The largest absolute Gasteiger partial charge is 0.508 e. The minimum atomic E-state index is -3.28. The average molecular weight is 671 g/mol. The number of benzene rings is 3. The quantitative estimate of drug-likeness (QED) is 0.258. The molecule has 4 aromatic rings. The Hall–Kier alpha value is -3.71. The number of ether oxygens (including phenoxy) is 1. The highest BCUT2D eigenvalue weighted by atomic mass is 32.2. The Labute approximate surface area is 269 Å². The van der Waals surface area contributed by atoms with Crippen molar-refractivity contribution >= 4 is 37.3 Å². The Morgan fingerprint density at radius 3 is 2.51 bits per heavy atom. The van der Waals surface area contributed by atoms with E-state index in [1.54, 1.807) is 6.07 Å². The predicted octanol–water partition coefficient (Wildman–Crippen LogP) is 5.79. The van der Waals surface area contributed by atoms with E-state index in [9.17, 15) is 22.3 Å². The zero-order valence-electron chi connectivity index (χ0n) is 25.7. The first-order chi connectivity index (χ1) is 22.4. The molecular formula is C34H34F4N4O4S. The number of rotatable bonds is 6. The van der Waals surface area contributed by atoms with Crippen molar-refractivity contribution in [3.05, 3.63) is 53.8 Å². The molecule has 4 atom stereocenters. The van der Waals surface area contributed by atoms with Gasteiger partial charge in [0, 0.05) is 48.6 Å². The molecule has 0 radical (unpaired) electrons. The third-order valence-electron chi connectivity index (χ3n) is 10.8. The van der Waals surface area contributed by atoms with Gasteiger partial charge in [-0.25, -0.2) is 26.0 Å². The van der Waals surface area contributed by atoms with Gasteiger partial charge in [-0.3, -0.25) is 4.90 Å². The van der Waals surface area contributed by atoms with E-state index in [1.165, 1.54) is 30.5 Å². The Kier molecular flexibility index (Phi) is 7.11. The van der Waals surface area contributed by atoms with Crippen molar-refractivity contribution in [1.82, 2.24) is 14.9 Å². The van der Waals surface area contributed by atoms with Crippen LogP contribution in [0.4, 0.5) is 23.4 Å². The Morgan fingerprint density at radius 1 is 1.00 bits per heavy atom. The fraction of sp³-hybridized carbons (Fsp3) is 0.471. The van der Waals surface area contributed by atoms with Crippen molar-refractivity contribution in [3.8, 4) is 22.9 Å². The van der Waals surface area contributed by atoms with Gasteiger partial charge in [-0.2, -0.15) is 9.97 Å². The van der Waals surface area contributed by atoms with Gasteiger partial charge >= 0.3 is 6.01 Å². The molecule has 2 unspecified atom stereocenters. The number of aromatic hydroxyl groups is 1. The third kappa shape index (κ3) is 4.99. The lowest BCUT2D eigenvalue weighted by atomic mass is 9.95. The lowest BCUT2D eigenvalue weighted by molar-refractivity contribution is 0.107. The molecule has 4 fully saturated rings. The molecule has 0 spiro atoms. The number of hydrogen-bond donors (Lipinski definition) is 1. The molecule has 1 aliphatic carbocycles. The van der Waals surface area contributed by atoms with Gasteiger partial charge in [-0.15, -0.1) is 0 Å². The van der Waals surface area contributed by atoms with Crippen molar-refractivity contribution in [2.45, 2.75) is 49.1 Å². The van der Waals surface area contributed by atoms with Crippen molar-refractivity contribution in [1.29, 1.82) is 0 Å². The van der Waals surface area contributed by atoms with E-state index in [0.717, 1.165) is 38.3 Å². The van der Waals surface area contributed by atoms with E-state index in [1.807, 2.05) is 4.90 Å². The number of aromatic nitrogens is 2. The van der Waals surface area contributed by atoms with E-state index in [2.05, 4.69) is 9.88 Å².